The number of anilines is 1. The first-order valence-corrected chi connectivity index (χ1v) is 14.0. The van der Waals surface area contributed by atoms with Gasteiger partial charge >= 0.3 is 0 Å². The molecule has 37 heavy (non-hydrogen) atoms. The number of hydrogen-bond acceptors (Lipinski definition) is 11. The highest BCUT2D eigenvalue weighted by atomic mass is 35.5. The van der Waals surface area contributed by atoms with Gasteiger partial charge in [-0.05, 0) is 31.2 Å². The van der Waals surface area contributed by atoms with E-state index in [1.54, 1.807) is 25.5 Å². The molecule has 5 aromatic rings. The summed E-state index contributed by atoms with van der Waals surface area (Å²) >= 11 is 8.04. The molecule has 1 fully saturated rings. The van der Waals surface area contributed by atoms with Crippen LogP contribution in [0.4, 0.5) is 5.82 Å². The molecule has 1 saturated heterocycles. The Labute approximate surface area is 220 Å². The molecule has 0 unspecified atom stereocenters. The van der Waals surface area contributed by atoms with Crippen LogP contribution in [0, 0.1) is 6.92 Å². The number of aromatic amines is 1. The van der Waals surface area contributed by atoms with Crippen LogP contribution in [0.2, 0.25) is 5.02 Å². The van der Waals surface area contributed by atoms with E-state index in [1.807, 2.05) is 17.9 Å². The summed E-state index contributed by atoms with van der Waals surface area (Å²) in [5.41, 5.74) is 2.71. The molecule has 0 aromatic carbocycles. The van der Waals surface area contributed by atoms with Crippen molar-refractivity contribution in [1.29, 1.82) is 0 Å². The normalized spacial score (nSPS) is 14.5. The Morgan fingerprint density at radius 3 is 2.78 bits per heavy atom. The molecule has 0 saturated carbocycles. The summed E-state index contributed by atoms with van der Waals surface area (Å²) in [7, 11) is -3.75. The maximum Gasteiger partial charge on any atom is 0.246 e. The molecule has 0 bridgehead atoms. The Kier molecular flexibility index (Phi) is 5.98. The zero-order chi connectivity index (χ0) is 25.7. The predicted molar refractivity (Wildman–Crippen MR) is 137 cm³/mol. The zero-order valence-electron chi connectivity index (χ0n) is 19.6. The van der Waals surface area contributed by atoms with Gasteiger partial charge in [0.1, 0.15) is 21.9 Å². The van der Waals surface area contributed by atoms with Crippen molar-refractivity contribution in [2.24, 2.45) is 0 Å². The lowest BCUT2D eigenvalue weighted by atomic mass is 10.1. The third-order valence-electron chi connectivity index (χ3n) is 5.98. The van der Waals surface area contributed by atoms with E-state index in [0.717, 1.165) is 10.6 Å². The van der Waals surface area contributed by atoms with E-state index in [2.05, 4.69) is 29.8 Å². The van der Waals surface area contributed by atoms with Crippen molar-refractivity contribution in [3.05, 3.63) is 47.3 Å². The van der Waals surface area contributed by atoms with Crippen LogP contribution in [-0.4, -0.2) is 62.6 Å². The maximum atomic E-state index is 12.7. The number of sulfonamides is 1. The Morgan fingerprint density at radius 1 is 1.22 bits per heavy atom. The van der Waals surface area contributed by atoms with Crippen LogP contribution >= 0.6 is 23.4 Å². The molecule has 6 rings (SSSR count). The number of nitrogens with one attached hydrogen (secondary N) is 2. The van der Waals surface area contributed by atoms with Crippen LogP contribution in [0.15, 0.2) is 50.3 Å². The third kappa shape index (κ3) is 4.39. The fourth-order valence-corrected chi connectivity index (χ4v) is 6.57. The van der Waals surface area contributed by atoms with E-state index in [-0.39, 0.29) is 16.7 Å². The standard InChI is InChI=1S/C22H20ClN9O3S2/c1-3-14-18(23)17-20(28-14)29-22(36-13-6-15-19(26-7-13)25-5-4-24-15)30-21(17)32-9-12(10-32)31-37(33,34)16-8-27-35-11(16)2/h4-8,12,31H,3,9-10H2,1-2H3,(H,28,29,30). The Hall–Kier alpha value is -3.33. The van der Waals surface area contributed by atoms with Gasteiger partial charge in [-0.2, -0.15) is 0 Å². The lowest BCUT2D eigenvalue weighted by Gasteiger charge is -2.40. The number of fused-ring (bicyclic) bond motifs is 2. The average molecular weight is 558 g/mol. The van der Waals surface area contributed by atoms with Gasteiger partial charge in [0.2, 0.25) is 10.0 Å². The van der Waals surface area contributed by atoms with Gasteiger partial charge in [-0.1, -0.05) is 23.7 Å². The average Bonchev–Trinajstić information content (AvgIpc) is 3.44. The molecule has 12 nitrogen and oxygen atoms in total. The summed E-state index contributed by atoms with van der Waals surface area (Å²) in [6.45, 7) is 4.39. The maximum absolute atomic E-state index is 12.7. The van der Waals surface area contributed by atoms with Crippen molar-refractivity contribution in [2.45, 2.75) is 41.3 Å². The van der Waals surface area contributed by atoms with Crippen LogP contribution < -0.4 is 9.62 Å². The molecule has 0 radical (unpaired) electrons. The Balaban J connectivity index is 1.30. The van der Waals surface area contributed by atoms with Gasteiger partial charge in [0.15, 0.2) is 16.6 Å². The summed E-state index contributed by atoms with van der Waals surface area (Å²) in [5, 5.41) is 5.34. The lowest BCUT2D eigenvalue weighted by molar-refractivity contribution is 0.393. The highest BCUT2D eigenvalue weighted by Gasteiger charge is 2.35. The molecule has 15 heteroatoms. The van der Waals surface area contributed by atoms with Crippen molar-refractivity contribution < 1.29 is 12.9 Å². The summed E-state index contributed by atoms with van der Waals surface area (Å²) < 4.78 is 33.1. The fraction of sp³-hybridized carbons (Fsp3) is 0.273. The van der Waals surface area contributed by atoms with Crippen LogP contribution in [0.3, 0.4) is 0 Å². The van der Waals surface area contributed by atoms with Gasteiger partial charge in [0, 0.05) is 42.3 Å². The number of H-pyrrole nitrogens is 1. The Morgan fingerprint density at radius 2 is 2.03 bits per heavy atom. The largest absolute Gasteiger partial charge is 0.360 e. The first-order valence-electron chi connectivity index (χ1n) is 11.3. The monoisotopic (exact) mass is 557 g/mol. The molecule has 1 aliphatic heterocycles. The van der Waals surface area contributed by atoms with Gasteiger partial charge in [0.25, 0.3) is 0 Å². The zero-order valence-corrected chi connectivity index (χ0v) is 22.0. The SMILES string of the molecule is CCc1[nH]c2nc(Sc3cnc4nccnc4c3)nc(N3CC(NS(=O)(=O)c4cnoc4C)C3)c2c1Cl. The van der Waals surface area contributed by atoms with E-state index in [4.69, 9.17) is 26.1 Å². The van der Waals surface area contributed by atoms with Crippen molar-refractivity contribution in [3.63, 3.8) is 0 Å². The van der Waals surface area contributed by atoms with Crippen LogP contribution in [0.1, 0.15) is 18.4 Å². The van der Waals surface area contributed by atoms with Gasteiger partial charge in [0.05, 0.1) is 22.6 Å². The van der Waals surface area contributed by atoms with Crippen molar-refractivity contribution in [3.8, 4) is 0 Å². The molecule has 2 N–H and O–H groups in total. The first-order chi connectivity index (χ1) is 17.8. The minimum atomic E-state index is -3.75. The second kappa shape index (κ2) is 9.20. The Bertz CT molecular complexity index is 1750. The first kappa shape index (κ1) is 24.0. The predicted octanol–water partition coefficient (Wildman–Crippen LogP) is 3.13. The van der Waals surface area contributed by atoms with Crippen LogP contribution in [-0.2, 0) is 16.4 Å². The van der Waals surface area contributed by atoms with E-state index in [9.17, 15) is 8.42 Å². The molecule has 0 spiro atoms. The molecule has 6 heterocycles. The highest BCUT2D eigenvalue weighted by Crippen LogP contribution is 2.38. The topological polar surface area (TPSA) is 156 Å². The van der Waals surface area contributed by atoms with Gasteiger partial charge in [-0.3, -0.25) is 4.98 Å². The minimum Gasteiger partial charge on any atom is -0.360 e. The summed E-state index contributed by atoms with van der Waals surface area (Å²) in [5.74, 6) is 0.877. The van der Waals surface area contributed by atoms with Crippen LogP contribution in [0.25, 0.3) is 22.2 Å². The van der Waals surface area contributed by atoms with E-state index >= 15 is 0 Å². The second-order valence-corrected chi connectivity index (χ2v) is 11.6. The van der Waals surface area contributed by atoms with Crippen molar-refractivity contribution >= 4 is 61.4 Å². The van der Waals surface area contributed by atoms with Gasteiger partial charge in [-0.15, -0.1) is 0 Å². The minimum absolute atomic E-state index is 0.0315. The van der Waals surface area contributed by atoms with Gasteiger partial charge in [-0.25, -0.2) is 33.1 Å². The molecular formula is C22H20ClN9O3S2. The molecule has 5 aromatic heterocycles. The highest BCUT2D eigenvalue weighted by molar-refractivity contribution is 7.99. The molecular weight excluding hydrogens is 538 g/mol. The number of hydrogen-bond donors (Lipinski definition) is 2. The number of pyridine rings is 1. The van der Waals surface area contributed by atoms with Crippen molar-refractivity contribution in [1.82, 2.24) is 39.8 Å². The smallest absolute Gasteiger partial charge is 0.246 e. The second-order valence-electron chi connectivity index (χ2n) is 8.47. The van der Waals surface area contributed by atoms with Gasteiger partial charge < -0.3 is 14.4 Å². The molecule has 0 amide bonds. The molecule has 0 atom stereocenters. The van der Waals surface area contributed by atoms with Crippen molar-refractivity contribution in [2.75, 3.05) is 18.0 Å². The molecule has 1 aliphatic rings. The summed E-state index contributed by atoms with van der Waals surface area (Å²) in [6, 6.07) is 1.57. The fourth-order valence-electron chi connectivity index (χ4n) is 4.15. The molecule has 190 valence electrons. The number of aromatic nitrogens is 7. The van der Waals surface area contributed by atoms with E-state index in [0.29, 0.717) is 57.7 Å². The summed E-state index contributed by atoms with van der Waals surface area (Å²) in [6.07, 6.45) is 6.81. The number of rotatable bonds is 7. The number of halogens is 1. The number of aryl methyl sites for hydroxylation is 2. The third-order valence-corrected chi connectivity index (χ3v) is 8.84. The van der Waals surface area contributed by atoms with E-state index in [1.165, 1.54) is 18.0 Å². The van der Waals surface area contributed by atoms with E-state index < -0.39 is 10.0 Å². The lowest BCUT2D eigenvalue weighted by Crippen LogP contribution is -2.59. The quantitative estimate of drug-likeness (QED) is 0.283. The summed E-state index contributed by atoms with van der Waals surface area (Å²) in [4.78, 5) is 28.5. The number of nitrogens with zero attached hydrogens (tertiary/aromatic N) is 7. The molecule has 0 aliphatic carbocycles. The van der Waals surface area contributed by atoms with Crippen LogP contribution in [0.5, 0.6) is 0 Å².